The van der Waals surface area contributed by atoms with Gasteiger partial charge < -0.3 is 0 Å². The Balaban J connectivity index is 1.99. The van der Waals surface area contributed by atoms with Gasteiger partial charge in [-0.3, -0.25) is 0 Å². The van der Waals surface area contributed by atoms with Gasteiger partial charge in [-0.25, -0.2) is 0 Å². The van der Waals surface area contributed by atoms with Gasteiger partial charge in [0.1, 0.15) is 11.2 Å². The molecule has 33 heavy (non-hydrogen) atoms. The minimum atomic E-state index is -0.156. The summed E-state index contributed by atoms with van der Waals surface area (Å²) in [6.07, 6.45) is 2.05. The standard InChI is InChI=1S/C30H34N3/c1-7-29(5)25-20-13-12-19-24(25)28-32(26-21(3)15-14-16-22(26)4)27(23-17-10-9-11-18-23)31-33(28)30(29,6)8-2/h9-20H,7-8H2,1-6H3/q+1. The second kappa shape index (κ2) is 7.69. The third kappa shape index (κ3) is 2.88. The van der Waals surface area contributed by atoms with E-state index in [0.717, 1.165) is 24.2 Å². The van der Waals surface area contributed by atoms with E-state index < -0.39 is 0 Å². The second-order valence-corrected chi connectivity index (χ2v) is 9.86. The lowest BCUT2D eigenvalue weighted by atomic mass is 9.61. The molecular formula is C30H34N3+. The third-order valence-electron chi connectivity index (χ3n) is 8.33. The maximum Gasteiger partial charge on any atom is 0.314 e. The summed E-state index contributed by atoms with van der Waals surface area (Å²) in [5, 5.41) is 5.43. The first-order valence-electron chi connectivity index (χ1n) is 12.1. The molecule has 0 bridgehead atoms. The molecule has 168 valence electrons. The summed E-state index contributed by atoms with van der Waals surface area (Å²) >= 11 is 0. The lowest BCUT2D eigenvalue weighted by Gasteiger charge is -2.46. The van der Waals surface area contributed by atoms with E-state index >= 15 is 0 Å². The van der Waals surface area contributed by atoms with Crippen LogP contribution in [-0.4, -0.2) is 9.78 Å². The number of hydrogen-bond donors (Lipinski definition) is 0. The van der Waals surface area contributed by atoms with Crippen molar-refractivity contribution in [1.29, 1.82) is 0 Å². The van der Waals surface area contributed by atoms with E-state index in [-0.39, 0.29) is 11.0 Å². The highest BCUT2D eigenvalue weighted by Crippen LogP contribution is 2.52. The van der Waals surface area contributed by atoms with E-state index in [1.54, 1.807) is 0 Å². The molecule has 0 saturated heterocycles. The van der Waals surface area contributed by atoms with Crippen LogP contribution < -0.4 is 4.57 Å². The molecule has 3 nitrogen and oxygen atoms in total. The largest absolute Gasteiger partial charge is 0.314 e. The van der Waals surface area contributed by atoms with E-state index in [0.29, 0.717) is 0 Å². The fourth-order valence-electron chi connectivity index (χ4n) is 5.90. The summed E-state index contributed by atoms with van der Waals surface area (Å²) in [6.45, 7) is 13.9. The zero-order valence-corrected chi connectivity index (χ0v) is 20.7. The summed E-state index contributed by atoms with van der Waals surface area (Å²) in [5.41, 5.74) is 7.40. The van der Waals surface area contributed by atoms with Crippen molar-refractivity contribution in [3.63, 3.8) is 0 Å². The molecule has 3 heteroatoms. The Kier molecular flexibility index (Phi) is 5.04. The molecule has 1 aromatic heterocycles. The van der Waals surface area contributed by atoms with Crippen molar-refractivity contribution in [2.24, 2.45) is 0 Å². The quantitative estimate of drug-likeness (QED) is 0.318. The highest BCUT2D eigenvalue weighted by molar-refractivity contribution is 5.67. The number of hydrogen-bond acceptors (Lipinski definition) is 1. The van der Waals surface area contributed by atoms with Crippen molar-refractivity contribution in [1.82, 2.24) is 9.78 Å². The molecule has 0 fully saturated rings. The lowest BCUT2D eigenvalue weighted by Crippen LogP contribution is -2.53. The van der Waals surface area contributed by atoms with Crippen molar-refractivity contribution >= 4 is 0 Å². The maximum absolute atomic E-state index is 5.43. The van der Waals surface area contributed by atoms with Gasteiger partial charge in [-0.15, -0.1) is 0 Å². The second-order valence-electron chi connectivity index (χ2n) is 9.86. The van der Waals surface area contributed by atoms with Crippen molar-refractivity contribution < 1.29 is 4.57 Å². The first kappa shape index (κ1) is 21.6. The summed E-state index contributed by atoms with van der Waals surface area (Å²) in [5.74, 6) is 2.18. The Labute approximate surface area is 197 Å². The monoisotopic (exact) mass is 436 g/mol. The first-order chi connectivity index (χ1) is 15.9. The number of para-hydroxylation sites is 1. The summed E-state index contributed by atoms with van der Waals surface area (Å²) < 4.78 is 4.77. The van der Waals surface area contributed by atoms with Crippen LogP contribution in [-0.2, 0) is 11.0 Å². The predicted octanol–water partition coefficient (Wildman–Crippen LogP) is 6.92. The van der Waals surface area contributed by atoms with Gasteiger partial charge in [0.25, 0.3) is 5.82 Å². The highest BCUT2D eigenvalue weighted by Gasteiger charge is 2.57. The Morgan fingerprint density at radius 1 is 0.788 bits per heavy atom. The zero-order chi connectivity index (χ0) is 23.4. The van der Waals surface area contributed by atoms with Crippen LogP contribution in [0.5, 0.6) is 0 Å². The molecule has 0 saturated carbocycles. The van der Waals surface area contributed by atoms with Gasteiger partial charge in [-0.05, 0) is 68.5 Å². The van der Waals surface area contributed by atoms with Crippen LogP contribution in [0.15, 0.2) is 72.8 Å². The summed E-state index contributed by atoms with van der Waals surface area (Å²) in [4.78, 5) is 0. The van der Waals surface area contributed by atoms with Crippen molar-refractivity contribution in [2.75, 3.05) is 0 Å². The summed E-state index contributed by atoms with van der Waals surface area (Å²) in [6, 6.07) is 26.2. The van der Waals surface area contributed by atoms with Crippen LogP contribution in [0.3, 0.4) is 0 Å². The number of aromatic nitrogens is 3. The van der Waals surface area contributed by atoms with Gasteiger partial charge in [0, 0.05) is 10.5 Å². The molecule has 1 aliphatic rings. The van der Waals surface area contributed by atoms with Crippen LogP contribution in [0.2, 0.25) is 0 Å². The molecule has 0 spiro atoms. The molecule has 1 aliphatic heterocycles. The zero-order valence-electron chi connectivity index (χ0n) is 20.7. The average Bonchev–Trinajstić information content (AvgIpc) is 3.24. The van der Waals surface area contributed by atoms with Crippen LogP contribution >= 0.6 is 0 Å². The van der Waals surface area contributed by atoms with E-state index in [9.17, 15) is 0 Å². The SMILES string of the molecule is CCC1(C)c2ccccc2-c2n(nc(-c3ccccc3)[n+]2-c2c(C)cccc2C)C1(C)CC. The number of fused-ring (bicyclic) bond motifs is 3. The highest BCUT2D eigenvalue weighted by atomic mass is 15.4. The molecule has 2 unspecified atom stereocenters. The van der Waals surface area contributed by atoms with Gasteiger partial charge in [0.2, 0.25) is 0 Å². The molecule has 2 heterocycles. The average molecular weight is 437 g/mol. The van der Waals surface area contributed by atoms with Crippen LogP contribution in [0, 0.1) is 13.8 Å². The Morgan fingerprint density at radius 3 is 2.06 bits per heavy atom. The predicted molar refractivity (Wildman–Crippen MR) is 136 cm³/mol. The molecule has 4 aromatic rings. The minimum absolute atomic E-state index is 0.0239. The molecule has 0 amide bonds. The number of rotatable bonds is 4. The third-order valence-corrected chi connectivity index (χ3v) is 8.33. The maximum atomic E-state index is 5.43. The smallest absolute Gasteiger partial charge is 0.189 e. The van der Waals surface area contributed by atoms with E-state index in [1.165, 1.54) is 33.8 Å². The van der Waals surface area contributed by atoms with Gasteiger partial charge >= 0.3 is 5.82 Å². The van der Waals surface area contributed by atoms with Crippen molar-refractivity contribution in [2.45, 2.75) is 65.3 Å². The number of aryl methyl sites for hydroxylation is 2. The number of benzene rings is 3. The van der Waals surface area contributed by atoms with E-state index in [2.05, 4.69) is 124 Å². The molecule has 0 N–H and O–H groups in total. The molecular weight excluding hydrogens is 402 g/mol. The molecule has 3 aromatic carbocycles. The Bertz CT molecular complexity index is 1310. The van der Waals surface area contributed by atoms with Crippen LogP contribution in [0.1, 0.15) is 57.2 Å². The van der Waals surface area contributed by atoms with Crippen molar-refractivity contribution in [3.8, 4) is 28.5 Å². The fourth-order valence-corrected chi connectivity index (χ4v) is 5.90. The molecule has 5 rings (SSSR count). The molecule has 0 radical (unpaired) electrons. The van der Waals surface area contributed by atoms with Gasteiger partial charge in [-0.1, -0.05) is 80.1 Å². The van der Waals surface area contributed by atoms with Crippen LogP contribution in [0.25, 0.3) is 28.5 Å². The Morgan fingerprint density at radius 2 is 1.42 bits per heavy atom. The first-order valence-corrected chi connectivity index (χ1v) is 12.1. The van der Waals surface area contributed by atoms with Gasteiger partial charge in [0.15, 0.2) is 0 Å². The van der Waals surface area contributed by atoms with Crippen molar-refractivity contribution in [3.05, 3.63) is 89.5 Å². The van der Waals surface area contributed by atoms with Crippen LogP contribution in [0.4, 0.5) is 0 Å². The van der Waals surface area contributed by atoms with Gasteiger partial charge in [-0.2, -0.15) is 4.57 Å². The molecule has 0 aliphatic carbocycles. The minimum Gasteiger partial charge on any atom is -0.189 e. The topological polar surface area (TPSA) is 21.7 Å². The van der Waals surface area contributed by atoms with E-state index in [4.69, 9.17) is 5.10 Å². The lowest BCUT2D eigenvalue weighted by molar-refractivity contribution is -0.574. The Hall–Kier alpha value is -3.20. The molecule has 2 atom stereocenters. The number of nitrogens with zero attached hydrogens (tertiary/aromatic N) is 3. The van der Waals surface area contributed by atoms with E-state index in [1.807, 2.05) is 0 Å². The summed E-state index contributed by atoms with van der Waals surface area (Å²) in [7, 11) is 0. The van der Waals surface area contributed by atoms with Gasteiger partial charge in [0.05, 0.1) is 11.1 Å². The fraction of sp³-hybridized carbons (Fsp3) is 0.333. The normalized spacial score (nSPS) is 21.5.